The fraction of sp³-hybridized carbons (Fsp3) is 0.381. The third kappa shape index (κ3) is 4.86. The number of sulfonamides is 1. The highest BCUT2D eigenvalue weighted by atomic mass is 32.2. The SMILES string of the molecule is COc1ccc(N2CCN(S(=O)(=O)CCNC(=O)c3ccc4c(c3)OCO4)CC2)cc1. The minimum Gasteiger partial charge on any atom is -0.497 e. The van der Waals surface area contributed by atoms with Crippen molar-refractivity contribution in [3.8, 4) is 17.2 Å². The molecule has 0 aliphatic carbocycles. The topological polar surface area (TPSA) is 97.4 Å². The summed E-state index contributed by atoms with van der Waals surface area (Å²) in [4.78, 5) is 14.5. The number of nitrogens with zero attached hydrogens (tertiary/aromatic N) is 2. The monoisotopic (exact) mass is 447 g/mol. The number of amides is 1. The Morgan fingerprint density at radius 1 is 1.03 bits per heavy atom. The normalized spacial score (nSPS) is 16.2. The fourth-order valence-electron chi connectivity index (χ4n) is 3.58. The minimum absolute atomic E-state index is 0.0360. The summed E-state index contributed by atoms with van der Waals surface area (Å²) >= 11 is 0. The van der Waals surface area contributed by atoms with Crippen LogP contribution in [-0.4, -0.2) is 71.0 Å². The predicted octanol–water partition coefficient (Wildman–Crippen LogP) is 1.31. The maximum atomic E-state index is 12.7. The van der Waals surface area contributed by atoms with E-state index in [1.807, 2.05) is 24.3 Å². The van der Waals surface area contributed by atoms with E-state index < -0.39 is 10.0 Å². The molecule has 0 atom stereocenters. The van der Waals surface area contributed by atoms with E-state index in [-0.39, 0.29) is 25.0 Å². The number of hydrogen-bond donors (Lipinski definition) is 1. The fourth-order valence-corrected chi connectivity index (χ4v) is 4.92. The molecule has 2 aromatic carbocycles. The minimum atomic E-state index is -3.46. The standard InChI is InChI=1S/C21H25N3O6S/c1-28-18-5-3-17(4-6-18)23-9-11-24(12-10-23)31(26,27)13-8-22-21(25)16-2-7-19-20(14-16)30-15-29-19/h2-7,14H,8-13,15H2,1H3,(H,22,25). The summed E-state index contributed by atoms with van der Waals surface area (Å²) in [5, 5.41) is 2.67. The van der Waals surface area contributed by atoms with Gasteiger partial charge in [0.2, 0.25) is 16.8 Å². The molecule has 10 heteroatoms. The van der Waals surface area contributed by atoms with Gasteiger partial charge < -0.3 is 24.4 Å². The molecule has 0 aromatic heterocycles. The number of benzene rings is 2. The Labute approximate surface area is 181 Å². The molecule has 1 fully saturated rings. The number of carbonyl (C=O) groups is 1. The summed E-state index contributed by atoms with van der Waals surface area (Å²) in [6.07, 6.45) is 0. The van der Waals surface area contributed by atoms with Crippen LogP contribution in [0.5, 0.6) is 17.2 Å². The van der Waals surface area contributed by atoms with Gasteiger partial charge in [0.25, 0.3) is 5.91 Å². The third-order valence-corrected chi connectivity index (χ3v) is 7.22. The molecule has 2 aliphatic heterocycles. The van der Waals surface area contributed by atoms with Crippen LogP contribution in [0.25, 0.3) is 0 Å². The molecule has 1 amide bonds. The van der Waals surface area contributed by atoms with Crippen molar-refractivity contribution in [1.82, 2.24) is 9.62 Å². The van der Waals surface area contributed by atoms with E-state index in [1.165, 1.54) is 4.31 Å². The van der Waals surface area contributed by atoms with Crippen LogP contribution in [0.2, 0.25) is 0 Å². The van der Waals surface area contributed by atoms with Gasteiger partial charge in [0.15, 0.2) is 11.5 Å². The molecule has 0 saturated carbocycles. The van der Waals surface area contributed by atoms with Crippen LogP contribution in [0, 0.1) is 0 Å². The lowest BCUT2D eigenvalue weighted by Crippen LogP contribution is -2.50. The summed E-state index contributed by atoms with van der Waals surface area (Å²) in [6, 6.07) is 12.6. The number of rotatable bonds is 7. The average molecular weight is 448 g/mol. The Balaban J connectivity index is 1.26. The van der Waals surface area contributed by atoms with Gasteiger partial charge in [0, 0.05) is 44.0 Å². The summed E-state index contributed by atoms with van der Waals surface area (Å²) in [5.74, 6) is 1.39. The summed E-state index contributed by atoms with van der Waals surface area (Å²) in [7, 11) is -1.84. The number of carbonyl (C=O) groups excluding carboxylic acids is 1. The van der Waals surface area contributed by atoms with Gasteiger partial charge in [-0.05, 0) is 42.5 Å². The lowest BCUT2D eigenvalue weighted by atomic mass is 10.2. The molecule has 0 bridgehead atoms. The maximum Gasteiger partial charge on any atom is 0.251 e. The lowest BCUT2D eigenvalue weighted by molar-refractivity contribution is 0.0955. The van der Waals surface area contributed by atoms with Crippen LogP contribution < -0.4 is 24.4 Å². The predicted molar refractivity (Wildman–Crippen MR) is 115 cm³/mol. The molecule has 0 spiro atoms. The number of ether oxygens (including phenoxy) is 3. The zero-order valence-corrected chi connectivity index (χ0v) is 18.1. The molecule has 1 saturated heterocycles. The van der Waals surface area contributed by atoms with Gasteiger partial charge in [0.1, 0.15) is 5.75 Å². The van der Waals surface area contributed by atoms with Crippen LogP contribution >= 0.6 is 0 Å². The molecule has 2 aromatic rings. The van der Waals surface area contributed by atoms with Crippen molar-refractivity contribution < 1.29 is 27.4 Å². The van der Waals surface area contributed by atoms with E-state index in [0.717, 1.165) is 11.4 Å². The number of hydrogen-bond acceptors (Lipinski definition) is 7. The van der Waals surface area contributed by atoms with Gasteiger partial charge >= 0.3 is 0 Å². The van der Waals surface area contributed by atoms with Gasteiger partial charge in [-0.25, -0.2) is 8.42 Å². The van der Waals surface area contributed by atoms with E-state index >= 15 is 0 Å². The Hall–Kier alpha value is -2.98. The molecule has 166 valence electrons. The Kier molecular flexibility index (Phi) is 6.19. The molecule has 31 heavy (non-hydrogen) atoms. The maximum absolute atomic E-state index is 12.7. The van der Waals surface area contributed by atoms with Crippen LogP contribution in [0.3, 0.4) is 0 Å². The van der Waals surface area contributed by atoms with Crippen molar-refractivity contribution in [2.45, 2.75) is 0 Å². The summed E-state index contributed by atoms with van der Waals surface area (Å²) in [6.45, 7) is 2.19. The average Bonchev–Trinajstić information content (AvgIpc) is 3.27. The number of fused-ring (bicyclic) bond motifs is 1. The number of methoxy groups -OCH3 is 1. The molecule has 0 radical (unpaired) electrons. The molecular formula is C21H25N3O6S. The first kappa shape index (κ1) is 21.3. The van der Waals surface area contributed by atoms with E-state index in [0.29, 0.717) is 43.2 Å². The van der Waals surface area contributed by atoms with Crippen molar-refractivity contribution in [2.75, 3.05) is 57.3 Å². The van der Waals surface area contributed by atoms with Crippen molar-refractivity contribution in [3.05, 3.63) is 48.0 Å². The van der Waals surface area contributed by atoms with Gasteiger partial charge in [-0.15, -0.1) is 0 Å². The Morgan fingerprint density at radius 3 is 2.45 bits per heavy atom. The third-order valence-electron chi connectivity index (χ3n) is 5.35. The highest BCUT2D eigenvalue weighted by Crippen LogP contribution is 2.32. The Morgan fingerprint density at radius 2 is 1.74 bits per heavy atom. The van der Waals surface area contributed by atoms with Crippen molar-refractivity contribution in [2.24, 2.45) is 0 Å². The first-order chi connectivity index (χ1) is 15.0. The van der Waals surface area contributed by atoms with Gasteiger partial charge in [-0.1, -0.05) is 0 Å². The van der Waals surface area contributed by atoms with Crippen LogP contribution in [-0.2, 0) is 10.0 Å². The van der Waals surface area contributed by atoms with Crippen LogP contribution in [0.15, 0.2) is 42.5 Å². The zero-order valence-electron chi connectivity index (χ0n) is 17.2. The van der Waals surface area contributed by atoms with Gasteiger partial charge in [-0.2, -0.15) is 4.31 Å². The van der Waals surface area contributed by atoms with E-state index in [2.05, 4.69) is 10.2 Å². The largest absolute Gasteiger partial charge is 0.497 e. The first-order valence-corrected chi connectivity index (χ1v) is 11.6. The van der Waals surface area contributed by atoms with Crippen molar-refractivity contribution in [3.63, 3.8) is 0 Å². The molecule has 2 heterocycles. The summed E-state index contributed by atoms with van der Waals surface area (Å²) in [5.41, 5.74) is 1.43. The number of piperazine rings is 1. The highest BCUT2D eigenvalue weighted by molar-refractivity contribution is 7.89. The molecule has 4 rings (SSSR count). The molecule has 9 nitrogen and oxygen atoms in total. The Bertz CT molecular complexity index is 1030. The molecular weight excluding hydrogens is 422 g/mol. The quantitative estimate of drug-likeness (QED) is 0.683. The second-order valence-corrected chi connectivity index (χ2v) is 9.31. The summed E-state index contributed by atoms with van der Waals surface area (Å²) < 4.78 is 42.5. The van der Waals surface area contributed by atoms with Gasteiger partial charge in [-0.3, -0.25) is 4.79 Å². The van der Waals surface area contributed by atoms with Gasteiger partial charge in [0.05, 0.1) is 12.9 Å². The lowest BCUT2D eigenvalue weighted by Gasteiger charge is -2.35. The van der Waals surface area contributed by atoms with E-state index in [9.17, 15) is 13.2 Å². The zero-order chi connectivity index (χ0) is 21.8. The number of anilines is 1. The highest BCUT2D eigenvalue weighted by Gasteiger charge is 2.27. The smallest absolute Gasteiger partial charge is 0.251 e. The number of nitrogens with one attached hydrogen (secondary N) is 1. The van der Waals surface area contributed by atoms with E-state index in [4.69, 9.17) is 14.2 Å². The molecule has 2 aliphatic rings. The first-order valence-electron chi connectivity index (χ1n) is 10.0. The second kappa shape index (κ2) is 9.03. The molecule has 1 N–H and O–H groups in total. The van der Waals surface area contributed by atoms with Crippen molar-refractivity contribution in [1.29, 1.82) is 0 Å². The van der Waals surface area contributed by atoms with Crippen molar-refractivity contribution >= 4 is 21.6 Å². The van der Waals surface area contributed by atoms with E-state index in [1.54, 1.807) is 25.3 Å². The second-order valence-electron chi connectivity index (χ2n) is 7.22. The van der Waals surface area contributed by atoms with Crippen LogP contribution in [0.4, 0.5) is 5.69 Å². The van der Waals surface area contributed by atoms with Crippen LogP contribution in [0.1, 0.15) is 10.4 Å². The molecule has 0 unspecified atom stereocenters.